The first kappa shape index (κ1) is 13.4. The molecule has 5 heteroatoms. The Labute approximate surface area is 98.9 Å². The third-order valence-electron chi connectivity index (χ3n) is 2.48. The van der Waals surface area contributed by atoms with E-state index in [9.17, 15) is 8.78 Å². The number of aliphatic hydroxyl groups excluding tert-OH is 1. The molecule has 0 spiro atoms. The Bertz CT molecular complexity index is 441. The molecular weight excluding hydrogens is 226 g/mol. The number of benzene rings is 1. The lowest BCUT2D eigenvalue weighted by molar-refractivity contribution is 0.187. The van der Waals surface area contributed by atoms with E-state index in [1.807, 2.05) is 0 Å². The third-order valence-corrected chi connectivity index (χ3v) is 2.48. The largest absolute Gasteiger partial charge is 0.393 e. The van der Waals surface area contributed by atoms with E-state index in [1.54, 1.807) is 20.0 Å². The maximum absolute atomic E-state index is 13.6. The van der Waals surface area contributed by atoms with Crippen LogP contribution in [0.2, 0.25) is 0 Å². The molecule has 92 valence electrons. The van der Waals surface area contributed by atoms with Gasteiger partial charge in [0, 0.05) is 13.6 Å². The number of anilines is 1. The van der Waals surface area contributed by atoms with E-state index in [0.717, 1.165) is 0 Å². The van der Waals surface area contributed by atoms with Crippen LogP contribution < -0.4 is 4.90 Å². The molecule has 1 N–H and O–H groups in total. The number of rotatable bonds is 4. The molecule has 17 heavy (non-hydrogen) atoms. The highest BCUT2D eigenvalue weighted by atomic mass is 19.2. The first-order valence-electron chi connectivity index (χ1n) is 5.24. The molecule has 0 fully saturated rings. The smallest absolute Gasteiger partial charge is 0.183 e. The minimum Gasteiger partial charge on any atom is -0.393 e. The number of nitriles is 1. The van der Waals surface area contributed by atoms with Crippen molar-refractivity contribution in [1.82, 2.24) is 0 Å². The summed E-state index contributed by atoms with van der Waals surface area (Å²) >= 11 is 0. The van der Waals surface area contributed by atoms with E-state index in [-0.39, 0.29) is 11.3 Å². The van der Waals surface area contributed by atoms with E-state index in [4.69, 9.17) is 10.4 Å². The SMILES string of the molecule is CC(O)CCN(C)c1ccc(C#N)c(F)c1F. The zero-order valence-corrected chi connectivity index (χ0v) is 9.74. The molecule has 1 atom stereocenters. The zero-order chi connectivity index (χ0) is 13.0. The Balaban J connectivity index is 2.92. The Hall–Kier alpha value is -1.67. The fourth-order valence-corrected chi connectivity index (χ4v) is 1.42. The van der Waals surface area contributed by atoms with Crippen LogP contribution in [0.4, 0.5) is 14.5 Å². The Morgan fingerprint density at radius 1 is 1.41 bits per heavy atom. The van der Waals surface area contributed by atoms with Crippen molar-refractivity contribution in [2.24, 2.45) is 0 Å². The van der Waals surface area contributed by atoms with E-state index in [1.165, 1.54) is 17.0 Å². The second kappa shape index (κ2) is 5.60. The molecule has 0 bridgehead atoms. The molecule has 0 radical (unpaired) electrons. The van der Waals surface area contributed by atoms with Gasteiger partial charge in [-0.1, -0.05) is 0 Å². The van der Waals surface area contributed by atoms with Crippen molar-refractivity contribution in [3.05, 3.63) is 29.3 Å². The summed E-state index contributed by atoms with van der Waals surface area (Å²) in [5, 5.41) is 17.7. The van der Waals surface area contributed by atoms with Gasteiger partial charge in [-0.2, -0.15) is 5.26 Å². The Morgan fingerprint density at radius 2 is 2.06 bits per heavy atom. The van der Waals surface area contributed by atoms with Gasteiger partial charge in [0.05, 0.1) is 17.4 Å². The van der Waals surface area contributed by atoms with Gasteiger partial charge in [0.25, 0.3) is 0 Å². The summed E-state index contributed by atoms with van der Waals surface area (Å²) < 4.78 is 26.9. The van der Waals surface area contributed by atoms with E-state index in [2.05, 4.69) is 0 Å². The maximum Gasteiger partial charge on any atom is 0.183 e. The van der Waals surface area contributed by atoms with Gasteiger partial charge in [-0.25, -0.2) is 8.78 Å². The summed E-state index contributed by atoms with van der Waals surface area (Å²) in [5.74, 6) is -2.16. The molecule has 0 heterocycles. The van der Waals surface area contributed by atoms with Crippen molar-refractivity contribution >= 4 is 5.69 Å². The highest BCUT2D eigenvalue weighted by Gasteiger charge is 2.16. The average molecular weight is 240 g/mol. The van der Waals surface area contributed by atoms with Crippen molar-refractivity contribution in [3.63, 3.8) is 0 Å². The van der Waals surface area contributed by atoms with Crippen molar-refractivity contribution in [2.75, 3.05) is 18.5 Å². The van der Waals surface area contributed by atoms with Gasteiger partial charge >= 0.3 is 0 Å². The average Bonchev–Trinajstić information content (AvgIpc) is 2.29. The van der Waals surface area contributed by atoms with Crippen LogP contribution in [0.1, 0.15) is 18.9 Å². The van der Waals surface area contributed by atoms with Gasteiger partial charge in [0.1, 0.15) is 6.07 Å². The highest BCUT2D eigenvalue weighted by Crippen LogP contribution is 2.23. The molecule has 0 saturated heterocycles. The van der Waals surface area contributed by atoms with E-state index >= 15 is 0 Å². The fraction of sp³-hybridized carbons (Fsp3) is 0.417. The lowest BCUT2D eigenvalue weighted by Crippen LogP contribution is -2.23. The summed E-state index contributed by atoms with van der Waals surface area (Å²) in [6.45, 7) is 2.03. The normalized spacial score (nSPS) is 12.0. The van der Waals surface area contributed by atoms with Crippen LogP contribution in [0.25, 0.3) is 0 Å². The quantitative estimate of drug-likeness (QED) is 0.876. The van der Waals surface area contributed by atoms with Crippen LogP contribution in [-0.2, 0) is 0 Å². The van der Waals surface area contributed by atoms with Crippen LogP contribution in [0, 0.1) is 23.0 Å². The molecule has 0 aliphatic carbocycles. The number of nitrogens with zero attached hydrogens (tertiary/aromatic N) is 2. The van der Waals surface area contributed by atoms with Crippen molar-refractivity contribution in [1.29, 1.82) is 5.26 Å². The molecule has 0 saturated carbocycles. The molecule has 0 aromatic heterocycles. The first-order valence-corrected chi connectivity index (χ1v) is 5.24. The minimum absolute atomic E-state index is 0.0853. The molecule has 3 nitrogen and oxygen atoms in total. The summed E-state index contributed by atoms with van der Waals surface area (Å²) in [7, 11) is 1.60. The molecule has 0 amide bonds. The summed E-state index contributed by atoms with van der Waals surface area (Å²) in [6, 6.07) is 4.18. The number of aliphatic hydroxyl groups is 1. The molecule has 1 aromatic carbocycles. The van der Waals surface area contributed by atoms with Gasteiger partial charge in [-0.15, -0.1) is 0 Å². The molecule has 0 aliphatic heterocycles. The molecular formula is C12H14F2N2O. The second-order valence-electron chi connectivity index (χ2n) is 3.93. The third kappa shape index (κ3) is 3.14. The number of halogens is 2. The predicted molar refractivity (Wildman–Crippen MR) is 60.6 cm³/mol. The topological polar surface area (TPSA) is 47.3 Å². The first-order chi connectivity index (χ1) is 7.97. The van der Waals surface area contributed by atoms with Gasteiger partial charge in [-0.3, -0.25) is 0 Å². The lowest BCUT2D eigenvalue weighted by Gasteiger charge is -2.20. The zero-order valence-electron chi connectivity index (χ0n) is 9.74. The second-order valence-corrected chi connectivity index (χ2v) is 3.93. The summed E-state index contributed by atoms with van der Waals surface area (Å²) in [5.41, 5.74) is -0.225. The molecule has 0 aliphatic rings. The lowest BCUT2D eigenvalue weighted by atomic mass is 10.1. The molecule has 1 unspecified atom stereocenters. The standard InChI is InChI=1S/C12H14F2N2O/c1-8(17)5-6-16(2)10-4-3-9(7-15)11(13)12(10)14/h3-4,8,17H,5-6H2,1-2H3. The van der Waals surface area contributed by atoms with E-state index in [0.29, 0.717) is 13.0 Å². The van der Waals surface area contributed by atoms with Crippen LogP contribution in [0.15, 0.2) is 12.1 Å². The summed E-state index contributed by atoms with van der Waals surface area (Å²) in [6.07, 6.45) is -0.0406. The summed E-state index contributed by atoms with van der Waals surface area (Å²) in [4.78, 5) is 1.51. The van der Waals surface area contributed by atoms with Crippen LogP contribution in [0.5, 0.6) is 0 Å². The van der Waals surface area contributed by atoms with E-state index < -0.39 is 17.7 Å². The number of hydrogen-bond acceptors (Lipinski definition) is 3. The van der Waals surface area contributed by atoms with Crippen LogP contribution in [0.3, 0.4) is 0 Å². The predicted octanol–water partition coefficient (Wildman–Crippen LogP) is 2.04. The highest BCUT2D eigenvalue weighted by molar-refractivity contribution is 5.51. The number of hydrogen-bond donors (Lipinski definition) is 1. The Morgan fingerprint density at radius 3 is 2.59 bits per heavy atom. The monoisotopic (exact) mass is 240 g/mol. The Kier molecular flexibility index (Phi) is 4.41. The maximum atomic E-state index is 13.6. The van der Waals surface area contributed by atoms with Gasteiger partial charge in [-0.05, 0) is 25.5 Å². The van der Waals surface area contributed by atoms with Crippen molar-refractivity contribution in [2.45, 2.75) is 19.4 Å². The van der Waals surface area contributed by atoms with Crippen molar-refractivity contribution in [3.8, 4) is 6.07 Å². The molecule has 1 rings (SSSR count). The van der Waals surface area contributed by atoms with Crippen molar-refractivity contribution < 1.29 is 13.9 Å². The van der Waals surface area contributed by atoms with Crippen LogP contribution >= 0.6 is 0 Å². The van der Waals surface area contributed by atoms with Gasteiger partial charge in [0.15, 0.2) is 11.6 Å². The fourth-order valence-electron chi connectivity index (χ4n) is 1.42. The molecule has 1 aromatic rings. The van der Waals surface area contributed by atoms with Gasteiger partial charge in [0.2, 0.25) is 0 Å². The van der Waals surface area contributed by atoms with Crippen LogP contribution in [-0.4, -0.2) is 24.8 Å². The minimum atomic E-state index is -1.13. The van der Waals surface area contributed by atoms with Gasteiger partial charge < -0.3 is 10.0 Å².